The van der Waals surface area contributed by atoms with Gasteiger partial charge in [-0.15, -0.1) is 0 Å². The molecule has 208 valence electrons. The molecule has 1 heterocycles. The van der Waals surface area contributed by atoms with Gasteiger partial charge in [0.05, 0.1) is 29.1 Å². The van der Waals surface area contributed by atoms with Crippen LogP contribution in [-0.2, 0) is 19.1 Å². The number of rotatable bonds is 6. The van der Waals surface area contributed by atoms with Crippen LogP contribution in [0.3, 0.4) is 0 Å². The second-order valence-electron chi connectivity index (χ2n) is 11.1. The lowest BCUT2D eigenvalue weighted by molar-refractivity contribution is -0.125. The molecule has 1 saturated heterocycles. The van der Waals surface area contributed by atoms with Gasteiger partial charge >= 0.3 is 5.97 Å². The van der Waals surface area contributed by atoms with Gasteiger partial charge in [-0.3, -0.25) is 14.4 Å². The van der Waals surface area contributed by atoms with Crippen molar-refractivity contribution in [2.75, 3.05) is 11.5 Å². The van der Waals surface area contributed by atoms with Crippen molar-refractivity contribution >= 4 is 29.4 Å². The highest BCUT2D eigenvalue weighted by atomic mass is 16.5. The third-order valence-corrected chi connectivity index (χ3v) is 8.82. The normalized spacial score (nSPS) is 22.2. The predicted molar refractivity (Wildman–Crippen MR) is 156 cm³/mol. The number of para-hydroxylation sites is 1. The monoisotopic (exact) mass is 556 g/mol. The van der Waals surface area contributed by atoms with Crippen LogP contribution in [0.2, 0.25) is 0 Å². The highest BCUT2D eigenvalue weighted by Crippen LogP contribution is 2.61. The average Bonchev–Trinajstić information content (AvgIpc) is 3.30. The van der Waals surface area contributed by atoms with Gasteiger partial charge in [0.15, 0.2) is 6.61 Å². The van der Waals surface area contributed by atoms with E-state index in [9.17, 15) is 19.2 Å². The molecule has 0 aromatic heterocycles. The Morgan fingerprint density at radius 2 is 1.19 bits per heavy atom. The smallest absolute Gasteiger partial charge is 0.340 e. The van der Waals surface area contributed by atoms with E-state index in [4.69, 9.17) is 4.74 Å². The minimum Gasteiger partial charge on any atom is -0.452 e. The number of anilines is 1. The highest BCUT2D eigenvalue weighted by Gasteiger charge is 2.62. The molecular weight excluding hydrogens is 528 g/mol. The molecule has 7 heteroatoms. The molecule has 3 aliphatic carbocycles. The zero-order chi connectivity index (χ0) is 29.0. The van der Waals surface area contributed by atoms with Gasteiger partial charge in [-0.25, -0.2) is 9.69 Å². The molecule has 2 bridgehead atoms. The van der Waals surface area contributed by atoms with Gasteiger partial charge < -0.3 is 10.1 Å². The van der Waals surface area contributed by atoms with Crippen LogP contribution >= 0.6 is 0 Å². The van der Waals surface area contributed by atoms with Crippen molar-refractivity contribution in [2.45, 2.75) is 24.8 Å². The summed E-state index contributed by atoms with van der Waals surface area (Å²) >= 11 is 0. The third-order valence-electron chi connectivity index (χ3n) is 8.82. The first-order valence-electron chi connectivity index (χ1n) is 14.1. The van der Waals surface area contributed by atoms with E-state index in [0.29, 0.717) is 0 Å². The Hall–Kier alpha value is -5.04. The van der Waals surface area contributed by atoms with Crippen LogP contribution in [-0.4, -0.2) is 30.3 Å². The molecule has 42 heavy (non-hydrogen) atoms. The van der Waals surface area contributed by atoms with E-state index < -0.39 is 30.3 Å². The molecule has 3 amide bonds. The Labute approximate surface area is 243 Å². The molecule has 4 aromatic rings. The summed E-state index contributed by atoms with van der Waals surface area (Å²) in [4.78, 5) is 55.3. The number of esters is 1. The van der Waals surface area contributed by atoms with E-state index in [1.54, 1.807) is 18.2 Å². The Bertz CT molecular complexity index is 1630. The lowest BCUT2D eigenvalue weighted by Gasteiger charge is -2.45. The summed E-state index contributed by atoms with van der Waals surface area (Å²) in [6, 6.07) is 31.7. The Kier molecular flexibility index (Phi) is 6.23. The Morgan fingerprint density at radius 1 is 0.714 bits per heavy atom. The van der Waals surface area contributed by atoms with Gasteiger partial charge in [-0.1, -0.05) is 91.0 Å². The highest BCUT2D eigenvalue weighted by molar-refractivity contribution is 6.25. The summed E-state index contributed by atoms with van der Waals surface area (Å²) in [5.41, 5.74) is 5.47. The number of carbonyl (C=O) groups is 4. The van der Waals surface area contributed by atoms with Crippen molar-refractivity contribution in [2.24, 2.45) is 11.8 Å². The second kappa shape index (κ2) is 10.1. The molecule has 1 N–H and O–H groups in total. The topological polar surface area (TPSA) is 92.8 Å². The van der Waals surface area contributed by atoms with Crippen molar-refractivity contribution in [3.63, 3.8) is 0 Å². The second-order valence-corrected chi connectivity index (χ2v) is 11.1. The average molecular weight is 557 g/mol. The maximum Gasteiger partial charge on any atom is 0.340 e. The molecule has 0 spiro atoms. The number of nitrogens with zero attached hydrogens (tertiary/aromatic N) is 1. The molecule has 4 aromatic carbocycles. The molecular formula is C35H28N2O5. The minimum absolute atomic E-state index is 0.0594. The molecule has 0 saturated carbocycles. The fourth-order valence-electron chi connectivity index (χ4n) is 7.07. The van der Waals surface area contributed by atoms with Gasteiger partial charge in [0.1, 0.15) is 0 Å². The van der Waals surface area contributed by atoms with Crippen LogP contribution in [0.1, 0.15) is 63.0 Å². The summed E-state index contributed by atoms with van der Waals surface area (Å²) in [5.74, 6) is -3.51. The number of ether oxygens (including phenoxy) is 1. The molecule has 1 fully saturated rings. The molecule has 7 nitrogen and oxygen atoms in total. The van der Waals surface area contributed by atoms with Crippen LogP contribution in [0.15, 0.2) is 103 Å². The molecule has 3 atom stereocenters. The van der Waals surface area contributed by atoms with E-state index in [1.807, 2.05) is 61.5 Å². The van der Waals surface area contributed by atoms with Crippen molar-refractivity contribution in [1.29, 1.82) is 0 Å². The van der Waals surface area contributed by atoms with Gasteiger partial charge in [-0.05, 0) is 46.9 Å². The van der Waals surface area contributed by atoms with Gasteiger partial charge in [0.25, 0.3) is 5.91 Å². The van der Waals surface area contributed by atoms with E-state index in [-0.39, 0.29) is 40.9 Å². The molecule has 0 unspecified atom stereocenters. The fourth-order valence-corrected chi connectivity index (χ4v) is 7.07. The first-order chi connectivity index (χ1) is 20.5. The van der Waals surface area contributed by atoms with Gasteiger partial charge in [-0.2, -0.15) is 0 Å². The minimum atomic E-state index is -0.780. The maximum absolute atomic E-state index is 14.1. The quantitative estimate of drug-likeness (QED) is 0.263. The van der Waals surface area contributed by atoms with Crippen LogP contribution in [0, 0.1) is 11.8 Å². The lowest BCUT2D eigenvalue weighted by atomic mass is 9.55. The van der Waals surface area contributed by atoms with E-state index in [1.165, 1.54) is 11.0 Å². The molecule has 4 aliphatic rings. The van der Waals surface area contributed by atoms with Crippen LogP contribution < -0.4 is 10.2 Å². The number of benzene rings is 4. The molecule has 0 radical (unpaired) electrons. The maximum atomic E-state index is 14.1. The summed E-state index contributed by atoms with van der Waals surface area (Å²) in [5, 5.41) is 2.82. The van der Waals surface area contributed by atoms with Crippen molar-refractivity contribution in [1.82, 2.24) is 5.32 Å². The number of imide groups is 1. The van der Waals surface area contributed by atoms with Crippen LogP contribution in [0.25, 0.3) is 0 Å². The number of hydrogen-bond donors (Lipinski definition) is 1. The summed E-state index contributed by atoms with van der Waals surface area (Å²) < 4.78 is 5.37. The van der Waals surface area contributed by atoms with Crippen molar-refractivity contribution in [3.8, 4) is 0 Å². The van der Waals surface area contributed by atoms with Crippen molar-refractivity contribution < 1.29 is 23.9 Å². The van der Waals surface area contributed by atoms with Crippen LogP contribution in [0.4, 0.5) is 5.69 Å². The number of nitrogens with one attached hydrogen (secondary N) is 1. The standard InChI is InChI=1S/C35H28N2O5/c1-20(21-11-3-2-4-12-21)36-28(38)19-42-35(41)26-17-9-10-18-27(26)37-33(39)31-29-22-13-5-6-14-23(22)30(32(31)34(37)40)25-16-8-7-15-24(25)29/h2-18,20,29-32H,19H2,1H3,(H,36,38)/t20-,29?,30?,31-,32+/m1/s1. The number of amides is 3. The first kappa shape index (κ1) is 25.9. The van der Waals surface area contributed by atoms with Crippen LogP contribution in [0.5, 0.6) is 0 Å². The first-order valence-corrected chi connectivity index (χ1v) is 14.1. The summed E-state index contributed by atoms with van der Waals surface area (Å²) in [6.07, 6.45) is 0. The zero-order valence-corrected chi connectivity index (χ0v) is 22.9. The largest absolute Gasteiger partial charge is 0.452 e. The zero-order valence-electron chi connectivity index (χ0n) is 22.9. The van der Waals surface area contributed by atoms with Gasteiger partial charge in [0, 0.05) is 11.8 Å². The number of carbonyl (C=O) groups excluding carboxylic acids is 4. The summed E-state index contributed by atoms with van der Waals surface area (Å²) in [7, 11) is 0. The third kappa shape index (κ3) is 3.96. The van der Waals surface area contributed by atoms with E-state index in [0.717, 1.165) is 27.8 Å². The predicted octanol–water partition coefficient (Wildman–Crippen LogP) is 5.12. The van der Waals surface area contributed by atoms with Crippen molar-refractivity contribution in [3.05, 3.63) is 137 Å². The van der Waals surface area contributed by atoms with E-state index >= 15 is 0 Å². The summed E-state index contributed by atoms with van der Waals surface area (Å²) in [6.45, 7) is 1.35. The van der Waals surface area contributed by atoms with E-state index in [2.05, 4.69) is 29.6 Å². The SMILES string of the molecule is C[C@@H](NC(=O)COC(=O)c1ccccc1N1C(=O)[C@@H]2C3c4ccccc4C(c4ccccc43)[C@@H]2C1=O)c1ccccc1. The Morgan fingerprint density at radius 3 is 1.74 bits per heavy atom. The fraction of sp³-hybridized carbons (Fsp3) is 0.200. The number of hydrogen-bond acceptors (Lipinski definition) is 5. The Balaban J connectivity index is 1.15. The van der Waals surface area contributed by atoms with Gasteiger partial charge in [0.2, 0.25) is 11.8 Å². The lowest BCUT2D eigenvalue weighted by Crippen LogP contribution is -2.41. The molecule has 8 rings (SSSR count). The molecule has 1 aliphatic heterocycles.